The molecule has 0 fully saturated rings. The van der Waals surface area contributed by atoms with Crippen LogP contribution >= 0.6 is 0 Å². The lowest BCUT2D eigenvalue weighted by molar-refractivity contribution is 0.0498. The van der Waals surface area contributed by atoms with E-state index in [0.717, 1.165) is 87.2 Å². The highest BCUT2D eigenvalue weighted by atomic mass is 16.5. The van der Waals surface area contributed by atoms with Gasteiger partial charge in [0, 0.05) is 44.0 Å². The smallest absolute Gasteiger partial charge is 0.338 e. The van der Waals surface area contributed by atoms with Crippen molar-refractivity contribution in [2.75, 3.05) is 11.9 Å². The molecule has 0 aliphatic heterocycles. The summed E-state index contributed by atoms with van der Waals surface area (Å²) in [6.45, 7) is 6.95. The van der Waals surface area contributed by atoms with Crippen molar-refractivity contribution in [3.8, 4) is 0 Å². The average molecular weight is 740 g/mol. The number of anilines is 1. The van der Waals surface area contributed by atoms with E-state index >= 15 is 0 Å². The predicted octanol–water partition coefficient (Wildman–Crippen LogP) is 15.3. The third kappa shape index (κ3) is 8.84. The fraction of sp³-hybridized carbons (Fsp3) is 0.213. The molecule has 280 valence electrons. The van der Waals surface area contributed by atoms with Crippen molar-refractivity contribution in [3.63, 3.8) is 0 Å². The van der Waals surface area contributed by atoms with Gasteiger partial charge in [0.15, 0.2) is 0 Å². The van der Waals surface area contributed by atoms with Gasteiger partial charge in [-0.05, 0) is 80.4 Å². The van der Waals surface area contributed by atoms with Crippen molar-refractivity contribution >= 4 is 78.1 Å². The van der Waals surface area contributed by atoms with Crippen LogP contribution in [-0.4, -0.2) is 18.6 Å². The monoisotopic (exact) mass is 739 g/mol. The first-order chi connectivity index (χ1) is 27.5. The Morgan fingerprint density at radius 3 is 1.41 bits per heavy atom. The van der Waals surface area contributed by atoms with Gasteiger partial charge in [0.25, 0.3) is 0 Å². The molecular weight excluding hydrogens is 695 g/mol. The third-order valence-corrected chi connectivity index (χ3v) is 9.81. The van der Waals surface area contributed by atoms with Crippen molar-refractivity contribution in [1.29, 1.82) is 0 Å². The lowest BCUT2D eigenvalue weighted by Crippen LogP contribution is -2.13. The number of ether oxygens (including phenoxy) is 1. The number of rotatable bonds is 15. The largest absolute Gasteiger partial charge is 0.462 e. The van der Waals surface area contributed by atoms with E-state index in [1.807, 2.05) is 91.0 Å². The van der Waals surface area contributed by atoms with Crippen LogP contribution in [0.5, 0.6) is 0 Å². The molecule has 0 radical (unpaired) electrons. The second-order valence-corrected chi connectivity index (χ2v) is 13.8. The second-order valence-electron chi connectivity index (χ2n) is 13.8. The number of carbonyl (C=O) groups excluding carboxylic acids is 1. The maximum Gasteiger partial charge on any atom is 0.338 e. The molecule has 7 aromatic carbocycles. The van der Waals surface area contributed by atoms with Crippen molar-refractivity contribution in [1.82, 2.24) is 0 Å². The Hall–Kier alpha value is -6.61. The Morgan fingerprint density at radius 2 is 0.946 bits per heavy atom. The molecule has 9 nitrogen and oxygen atoms in total. The van der Waals surface area contributed by atoms with Crippen LogP contribution in [0.1, 0.15) is 63.2 Å². The second kappa shape index (κ2) is 18.1. The maximum absolute atomic E-state index is 12.4. The molecule has 0 heterocycles. The van der Waals surface area contributed by atoms with E-state index in [2.05, 4.69) is 54.5 Å². The number of benzene rings is 7. The van der Waals surface area contributed by atoms with Gasteiger partial charge < -0.3 is 10.1 Å². The number of esters is 1. The summed E-state index contributed by atoms with van der Waals surface area (Å²) in [6, 6.07) is 43.4. The van der Waals surface area contributed by atoms with Gasteiger partial charge in [0.05, 0.1) is 46.3 Å². The van der Waals surface area contributed by atoms with Crippen LogP contribution in [0.3, 0.4) is 0 Å². The van der Waals surface area contributed by atoms with E-state index in [9.17, 15) is 4.79 Å². The molecule has 1 unspecified atom stereocenters. The molecule has 1 atom stereocenters. The van der Waals surface area contributed by atoms with Crippen LogP contribution in [0.25, 0.3) is 32.3 Å². The maximum atomic E-state index is 12.4. The fourth-order valence-corrected chi connectivity index (χ4v) is 6.52. The number of nitrogens with one attached hydrogen (secondary N) is 1. The van der Waals surface area contributed by atoms with Crippen LogP contribution in [0.4, 0.5) is 39.8 Å². The molecule has 7 rings (SSSR count). The minimum absolute atomic E-state index is 0.323. The molecule has 1 N–H and O–H groups in total. The first-order valence-corrected chi connectivity index (χ1v) is 19.4. The molecule has 0 aliphatic carbocycles. The zero-order valence-corrected chi connectivity index (χ0v) is 32.0. The van der Waals surface area contributed by atoms with E-state index in [1.165, 1.54) is 0 Å². The van der Waals surface area contributed by atoms with Crippen LogP contribution in [0, 0.1) is 0 Å². The highest BCUT2D eigenvalue weighted by Crippen LogP contribution is 2.39. The number of nitrogens with zero attached hydrogens (tertiary/aromatic N) is 6. The highest BCUT2D eigenvalue weighted by molar-refractivity contribution is 6.02. The van der Waals surface area contributed by atoms with Crippen molar-refractivity contribution in [2.24, 2.45) is 30.7 Å². The summed E-state index contributed by atoms with van der Waals surface area (Å²) < 4.78 is 5.41. The van der Waals surface area contributed by atoms with Gasteiger partial charge in [-0.2, -0.15) is 5.11 Å². The summed E-state index contributed by atoms with van der Waals surface area (Å²) in [5.74, 6) is -0.323. The highest BCUT2D eigenvalue weighted by Gasteiger charge is 2.11. The van der Waals surface area contributed by atoms with Crippen LogP contribution < -0.4 is 5.32 Å². The van der Waals surface area contributed by atoms with Crippen molar-refractivity contribution in [2.45, 2.75) is 58.9 Å². The summed E-state index contributed by atoms with van der Waals surface area (Å²) in [4.78, 5) is 12.4. The van der Waals surface area contributed by atoms with Gasteiger partial charge in [-0.1, -0.05) is 106 Å². The quantitative estimate of drug-likeness (QED) is 0.0641. The van der Waals surface area contributed by atoms with E-state index in [4.69, 9.17) is 25.2 Å². The van der Waals surface area contributed by atoms with E-state index < -0.39 is 0 Å². The topological polar surface area (TPSA) is 112 Å². The number of azo groups is 3. The standard InChI is InChI=1S/C47H45N7O2/c1-4-6-7-14-31-56-47(55)33-21-23-34(24-22-33)49-50-42-27-28-44(38-18-11-10-17-37(38)42)53-54-46-30-29-45(39-19-12-13-20-40(39)46)52-51-43-26-25-41(48-32(3)5-2)35-15-8-9-16-36(35)43/h8-13,15-30,32,48H,4-7,14,31H2,1-3H3. The molecule has 0 amide bonds. The summed E-state index contributed by atoms with van der Waals surface area (Å²) in [6.07, 6.45) is 5.26. The van der Waals surface area contributed by atoms with Gasteiger partial charge in [0.2, 0.25) is 0 Å². The molecule has 9 heteroatoms. The fourth-order valence-electron chi connectivity index (χ4n) is 6.52. The minimum Gasteiger partial charge on any atom is -0.462 e. The van der Waals surface area contributed by atoms with E-state index in [0.29, 0.717) is 35.3 Å². The Labute approximate surface area is 327 Å². The van der Waals surface area contributed by atoms with Crippen LogP contribution in [-0.2, 0) is 4.74 Å². The molecule has 0 aliphatic rings. The predicted molar refractivity (Wildman–Crippen MR) is 229 cm³/mol. The number of carbonyl (C=O) groups is 1. The zero-order valence-electron chi connectivity index (χ0n) is 32.0. The normalized spacial score (nSPS) is 12.4. The number of unbranched alkanes of at least 4 members (excludes halogenated alkanes) is 3. The molecule has 0 saturated carbocycles. The van der Waals surface area contributed by atoms with Crippen molar-refractivity contribution in [3.05, 3.63) is 139 Å². The van der Waals surface area contributed by atoms with Gasteiger partial charge in [-0.15, -0.1) is 25.6 Å². The third-order valence-electron chi connectivity index (χ3n) is 9.81. The Kier molecular flexibility index (Phi) is 12.2. The van der Waals surface area contributed by atoms with Gasteiger partial charge >= 0.3 is 5.97 Å². The number of hydrogen-bond acceptors (Lipinski definition) is 9. The molecule has 0 spiro atoms. The molecule has 0 aromatic heterocycles. The molecule has 7 aromatic rings. The molecule has 0 saturated heterocycles. The Bertz CT molecular complexity index is 2560. The Balaban J connectivity index is 1.10. The van der Waals surface area contributed by atoms with Crippen molar-refractivity contribution < 1.29 is 9.53 Å². The van der Waals surface area contributed by atoms with E-state index in [-0.39, 0.29) is 5.97 Å². The summed E-state index contributed by atoms with van der Waals surface area (Å²) >= 11 is 0. The van der Waals surface area contributed by atoms with E-state index in [1.54, 1.807) is 24.3 Å². The average Bonchev–Trinajstić information content (AvgIpc) is 3.25. The number of fused-ring (bicyclic) bond motifs is 3. The molecule has 0 bridgehead atoms. The van der Waals surface area contributed by atoms with Crippen LogP contribution in [0.15, 0.2) is 164 Å². The first-order valence-electron chi connectivity index (χ1n) is 19.4. The minimum atomic E-state index is -0.323. The number of hydrogen-bond donors (Lipinski definition) is 1. The SMILES string of the molecule is CCCCCCOC(=O)c1ccc(N=Nc2ccc(N=Nc3ccc(N=Nc4ccc(NC(C)CC)c5ccccc45)c4ccccc34)c3ccccc23)cc1. The Morgan fingerprint density at radius 1 is 0.518 bits per heavy atom. The first kappa shape index (κ1) is 37.7. The zero-order chi connectivity index (χ0) is 38.7. The summed E-state index contributed by atoms with van der Waals surface area (Å²) in [5.41, 5.74) is 5.91. The summed E-state index contributed by atoms with van der Waals surface area (Å²) in [5, 5.41) is 37.3. The van der Waals surface area contributed by atoms with Gasteiger partial charge in [-0.3, -0.25) is 0 Å². The lowest BCUT2D eigenvalue weighted by Gasteiger charge is -2.15. The summed E-state index contributed by atoms with van der Waals surface area (Å²) in [7, 11) is 0. The van der Waals surface area contributed by atoms with Gasteiger partial charge in [0.1, 0.15) is 0 Å². The van der Waals surface area contributed by atoms with Crippen LogP contribution in [0.2, 0.25) is 0 Å². The lowest BCUT2D eigenvalue weighted by atomic mass is 10.1. The molecular formula is C47H45N7O2. The van der Waals surface area contributed by atoms with Gasteiger partial charge in [-0.25, -0.2) is 4.79 Å². The molecule has 56 heavy (non-hydrogen) atoms.